The monoisotopic (exact) mass is 231 g/mol. The molecule has 1 aliphatic carbocycles. The fourth-order valence-corrected chi connectivity index (χ4v) is 3.60. The molecule has 0 radical (unpaired) electrons. The molecule has 1 saturated heterocycles. The van der Waals surface area contributed by atoms with Crippen LogP contribution in [-0.4, -0.2) is 19.2 Å². The van der Waals surface area contributed by atoms with Gasteiger partial charge >= 0.3 is 0 Å². The summed E-state index contributed by atoms with van der Waals surface area (Å²) in [5, 5.41) is 3.65. The molecule has 1 aromatic carbocycles. The van der Waals surface area contributed by atoms with Gasteiger partial charge in [0.1, 0.15) is 0 Å². The minimum atomic E-state index is 0.239. The highest BCUT2D eigenvalue weighted by Crippen LogP contribution is 2.46. The lowest BCUT2D eigenvalue weighted by atomic mass is 9.68. The molecule has 1 heterocycles. The number of ether oxygens (including phenoxy) is 1. The molecule has 2 aliphatic rings. The summed E-state index contributed by atoms with van der Waals surface area (Å²) in [4.78, 5) is 0. The van der Waals surface area contributed by atoms with Gasteiger partial charge in [-0.2, -0.15) is 0 Å². The van der Waals surface area contributed by atoms with E-state index >= 15 is 0 Å². The van der Waals surface area contributed by atoms with E-state index in [9.17, 15) is 0 Å². The summed E-state index contributed by atoms with van der Waals surface area (Å²) in [7, 11) is 0. The van der Waals surface area contributed by atoms with Gasteiger partial charge < -0.3 is 10.1 Å². The Kier molecular flexibility index (Phi) is 2.93. The maximum absolute atomic E-state index is 6.00. The average molecular weight is 231 g/mol. The van der Waals surface area contributed by atoms with Crippen LogP contribution < -0.4 is 5.32 Å². The van der Waals surface area contributed by atoms with E-state index in [-0.39, 0.29) is 6.10 Å². The van der Waals surface area contributed by atoms with Crippen LogP contribution in [0.25, 0.3) is 0 Å². The molecule has 0 saturated carbocycles. The standard InChI is InChI=1S/C15H21NO/c1-3-17-15-13-7-5-4-6-12(13)11-8-9-16-14(15)10(11)2/h4-7,10-11,14-16H,3,8-9H2,1-2H3. The number of hydrogen-bond donors (Lipinski definition) is 1. The van der Waals surface area contributed by atoms with E-state index in [1.807, 2.05) is 0 Å². The van der Waals surface area contributed by atoms with E-state index < -0.39 is 0 Å². The van der Waals surface area contributed by atoms with Gasteiger partial charge in [0.15, 0.2) is 0 Å². The van der Waals surface area contributed by atoms with Gasteiger partial charge in [-0.1, -0.05) is 31.2 Å². The van der Waals surface area contributed by atoms with Crippen molar-refractivity contribution >= 4 is 0 Å². The molecule has 2 nitrogen and oxygen atoms in total. The molecule has 1 aromatic rings. The summed E-state index contributed by atoms with van der Waals surface area (Å²) in [6.45, 7) is 6.36. The van der Waals surface area contributed by atoms with Gasteiger partial charge in [-0.25, -0.2) is 0 Å². The predicted octanol–water partition coefficient (Wildman–Crippen LogP) is 2.86. The van der Waals surface area contributed by atoms with Gasteiger partial charge in [-0.3, -0.25) is 0 Å². The maximum Gasteiger partial charge on any atom is 0.0983 e. The molecule has 1 fully saturated rings. The number of nitrogens with one attached hydrogen (secondary N) is 1. The molecule has 0 aromatic heterocycles. The fraction of sp³-hybridized carbons (Fsp3) is 0.600. The van der Waals surface area contributed by atoms with Crippen molar-refractivity contribution < 1.29 is 4.74 Å². The highest BCUT2D eigenvalue weighted by Gasteiger charge is 2.42. The highest BCUT2D eigenvalue weighted by molar-refractivity contribution is 5.38. The molecule has 4 atom stereocenters. The van der Waals surface area contributed by atoms with Crippen molar-refractivity contribution in [3.63, 3.8) is 0 Å². The third kappa shape index (κ3) is 1.71. The van der Waals surface area contributed by atoms with Crippen molar-refractivity contribution in [1.29, 1.82) is 0 Å². The first kappa shape index (κ1) is 11.2. The molecule has 2 heteroatoms. The fourth-order valence-electron chi connectivity index (χ4n) is 3.60. The average Bonchev–Trinajstić information content (AvgIpc) is 2.35. The van der Waals surface area contributed by atoms with Gasteiger partial charge in [0.2, 0.25) is 0 Å². The molecular weight excluding hydrogens is 210 g/mol. The molecule has 4 unspecified atom stereocenters. The molecule has 92 valence electrons. The summed E-state index contributed by atoms with van der Waals surface area (Å²) in [6.07, 6.45) is 1.50. The third-order valence-electron chi connectivity index (χ3n) is 4.41. The molecule has 0 amide bonds. The summed E-state index contributed by atoms with van der Waals surface area (Å²) < 4.78 is 6.00. The van der Waals surface area contributed by atoms with E-state index in [2.05, 4.69) is 43.4 Å². The summed E-state index contributed by atoms with van der Waals surface area (Å²) >= 11 is 0. The quantitative estimate of drug-likeness (QED) is 0.845. The lowest BCUT2D eigenvalue weighted by Gasteiger charge is -2.46. The topological polar surface area (TPSA) is 21.3 Å². The first-order valence-corrected chi connectivity index (χ1v) is 6.76. The van der Waals surface area contributed by atoms with Crippen LogP contribution in [0.5, 0.6) is 0 Å². The van der Waals surface area contributed by atoms with E-state index in [0.29, 0.717) is 17.9 Å². The second kappa shape index (κ2) is 4.43. The van der Waals surface area contributed by atoms with Crippen LogP contribution in [0, 0.1) is 5.92 Å². The van der Waals surface area contributed by atoms with Crippen molar-refractivity contribution in [2.75, 3.05) is 13.2 Å². The van der Waals surface area contributed by atoms with Gasteiger partial charge in [-0.05, 0) is 42.9 Å². The number of rotatable bonds is 2. The van der Waals surface area contributed by atoms with Crippen molar-refractivity contribution in [2.45, 2.75) is 38.3 Å². The number of benzene rings is 1. The van der Waals surface area contributed by atoms with Crippen molar-refractivity contribution in [3.8, 4) is 0 Å². The van der Waals surface area contributed by atoms with Crippen LogP contribution in [0.2, 0.25) is 0 Å². The molecular formula is C15H21NO. The SMILES string of the molecule is CCOC1c2ccccc2C2CCNC1C2C. The Morgan fingerprint density at radius 3 is 2.82 bits per heavy atom. The van der Waals surface area contributed by atoms with E-state index in [1.54, 1.807) is 0 Å². The second-order valence-electron chi connectivity index (χ2n) is 5.24. The molecule has 1 N–H and O–H groups in total. The summed E-state index contributed by atoms with van der Waals surface area (Å²) in [5.74, 6) is 1.39. The minimum absolute atomic E-state index is 0.239. The second-order valence-corrected chi connectivity index (χ2v) is 5.24. The predicted molar refractivity (Wildman–Crippen MR) is 69.1 cm³/mol. The normalized spacial score (nSPS) is 35.4. The molecule has 0 spiro atoms. The lowest BCUT2D eigenvalue weighted by molar-refractivity contribution is -0.00475. The van der Waals surface area contributed by atoms with Crippen LogP contribution >= 0.6 is 0 Å². The zero-order valence-electron chi connectivity index (χ0n) is 10.6. The Morgan fingerprint density at radius 2 is 2.06 bits per heavy atom. The Morgan fingerprint density at radius 1 is 1.29 bits per heavy atom. The number of hydrogen-bond acceptors (Lipinski definition) is 2. The van der Waals surface area contributed by atoms with E-state index in [4.69, 9.17) is 4.74 Å². The van der Waals surface area contributed by atoms with Crippen LogP contribution in [-0.2, 0) is 4.74 Å². The van der Waals surface area contributed by atoms with Gasteiger partial charge in [0.25, 0.3) is 0 Å². The largest absolute Gasteiger partial charge is 0.372 e. The number of piperidine rings is 1. The van der Waals surface area contributed by atoms with E-state index in [0.717, 1.165) is 13.2 Å². The Balaban J connectivity index is 2.07. The van der Waals surface area contributed by atoms with Crippen LogP contribution in [0.4, 0.5) is 0 Å². The van der Waals surface area contributed by atoms with E-state index in [1.165, 1.54) is 17.5 Å². The zero-order valence-corrected chi connectivity index (χ0v) is 10.6. The summed E-state index contributed by atoms with van der Waals surface area (Å²) in [6, 6.07) is 9.33. The van der Waals surface area contributed by atoms with Crippen molar-refractivity contribution in [1.82, 2.24) is 5.32 Å². The Labute approximate surface area is 103 Å². The molecule has 2 bridgehead atoms. The zero-order chi connectivity index (χ0) is 11.8. The highest BCUT2D eigenvalue weighted by atomic mass is 16.5. The van der Waals surface area contributed by atoms with Gasteiger partial charge in [0, 0.05) is 12.6 Å². The van der Waals surface area contributed by atoms with Gasteiger partial charge in [0.05, 0.1) is 6.10 Å². The Bertz CT molecular complexity index is 404. The van der Waals surface area contributed by atoms with Crippen molar-refractivity contribution in [3.05, 3.63) is 35.4 Å². The van der Waals surface area contributed by atoms with Crippen LogP contribution in [0.3, 0.4) is 0 Å². The lowest BCUT2D eigenvalue weighted by Crippen LogP contribution is -2.51. The van der Waals surface area contributed by atoms with Crippen molar-refractivity contribution in [2.24, 2.45) is 5.92 Å². The minimum Gasteiger partial charge on any atom is -0.372 e. The summed E-state index contributed by atoms with van der Waals surface area (Å²) in [5.41, 5.74) is 2.94. The van der Waals surface area contributed by atoms with Gasteiger partial charge in [-0.15, -0.1) is 0 Å². The Hall–Kier alpha value is -0.860. The molecule has 3 rings (SSSR count). The van der Waals surface area contributed by atoms with Crippen LogP contribution in [0.1, 0.15) is 43.4 Å². The van der Waals surface area contributed by atoms with Crippen LogP contribution in [0.15, 0.2) is 24.3 Å². The maximum atomic E-state index is 6.00. The first-order valence-electron chi connectivity index (χ1n) is 6.76. The third-order valence-corrected chi connectivity index (χ3v) is 4.41. The molecule has 17 heavy (non-hydrogen) atoms. The smallest absolute Gasteiger partial charge is 0.0983 e. The molecule has 1 aliphatic heterocycles. The number of fused-ring (bicyclic) bond motifs is 4. The first-order chi connectivity index (χ1) is 8.33.